The molecule has 3 heterocycles. The number of aliphatic imine (C=N–C) groups is 1. The lowest BCUT2D eigenvalue weighted by atomic mass is 10.1. The molecule has 0 amide bonds. The zero-order valence-corrected chi connectivity index (χ0v) is 14.0. The van der Waals surface area contributed by atoms with E-state index in [2.05, 4.69) is 50.3 Å². The first kappa shape index (κ1) is 15.5. The van der Waals surface area contributed by atoms with E-state index in [1.807, 2.05) is 28.8 Å². The van der Waals surface area contributed by atoms with Crippen molar-refractivity contribution in [2.45, 2.75) is 19.4 Å². The number of hydrogen-bond donors (Lipinski definition) is 2. The minimum Gasteiger partial charge on any atom is -0.356 e. The molecule has 1 atom stereocenters. The fraction of sp³-hybridized carbons (Fsp3) is 0.312. The number of guanidine groups is 1. The van der Waals surface area contributed by atoms with Crippen LogP contribution in [-0.2, 0) is 6.54 Å². The Kier molecular flexibility index (Phi) is 4.87. The first-order valence-corrected chi connectivity index (χ1v) is 8.42. The van der Waals surface area contributed by atoms with Crippen molar-refractivity contribution in [3.05, 3.63) is 52.6 Å². The largest absolute Gasteiger partial charge is 0.356 e. The van der Waals surface area contributed by atoms with Crippen LogP contribution in [0, 0.1) is 0 Å². The van der Waals surface area contributed by atoms with Gasteiger partial charge in [-0.3, -0.25) is 9.39 Å². The highest BCUT2D eigenvalue weighted by Crippen LogP contribution is 2.19. The highest BCUT2D eigenvalue weighted by molar-refractivity contribution is 7.10. The molecule has 0 aliphatic carbocycles. The summed E-state index contributed by atoms with van der Waals surface area (Å²) < 4.78 is 1.97. The van der Waals surface area contributed by atoms with Crippen LogP contribution in [-0.4, -0.2) is 34.2 Å². The van der Waals surface area contributed by atoms with Crippen molar-refractivity contribution in [1.29, 1.82) is 0 Å². The molecule has 0 aliphatic heterocycles. The van der Waals surface area contributed by atoms with Crippen molar-refractivity contribution in [3.8, 4) is 0 Å². The van der Waals surface area contributed by atoms with E-state index in [1.165, 1.54) is 4.88 Å². The summed E-state index contributed by atoms with van der Waals surface area (Å²) in [6.45, 7) is 3.61. The molecule has 6 nitrogen and oxygen atoms in total. The van der Waals surface area contributed by atoms with E-state index in [9.17, 15) is 0 Å². The maximum Gasteiger partial charge on any atom is 0.191 e. The third-order valence-electron chi connectivity index (χ3n) is 3.63. The number of hydrogen-bond acceptors (Lipinski definition) is 4. The summed E-state index contributed by atoms with van der Waals surface area (Å²) in [5.41, 5.74) is 0.846. The standard InChI is InChI=1S/C16H20N6S/c1-12(13-6-5-9-23-13)10-18-16(17-2)19-11-15-21-20-14-7-3-4-8-22(14)15/h3-9,12H,10-11H2,1-2H3,(H2,17,18,19). The van der Waals surface area contributed by atoms with Gasteiger partial charge in [0.1, 0.15) is 0 Å². The summed E-state index contributed by atoms with van der Waals surface area (Å²) in [4.78, 5) is 5.63. The molecular formula is C16H20N6S. The average Bonchev–Trinajstić information content (AvgIpc) is 3.25. The second-order valence-electron chi connectivity index (χ2n) is 5.27. The number of thiophene rings is 1. The smallest absolute Gasteiger partial charge is 0.191 e. The highest BCUT2D eigenvalue weighted by atomic mass is 32.1. The third-order valence-corrected chi connectivity index (χ3v) is 4.73. The molecule has 0 saturated carbocycles. The Balaban J connectivity index is 1.56. The SMILES string of the molecule is CN=C(NCc1nnc2ccccn12)NCC(C)c1cccs1. The Labute approximate surface area is 139 Å². The van der Waals surface area contributed by atoms with Crippen molar-refractivity contribution in [1.82, 2.24) is 25.2 Å². The van der Waals surface area contributed by atoms with Gasteiger partial charge in [0, 0.05) is 30.6 Å². The Bertz CT molecular complexity index is 777. The van der Waals surface area contributed by atoms with Gasteiger partial charge in [-0.2, -0.15) is 0 Å². The van der Waals surface area contributed by atoms with E-state index in [0.29, 0.717) is 12.5 Å². The number of fused-ring (bicyclic) bond motifs is 1. The Morgan fingerprint density at radius 1 is 1.26 bits per heavy atom. The fourth-order valence-electron chi connectivity index (χ4n) is 2.32. The van der Waals surface area contributed by atoms with Crippen molar-refractivity contribution in [3.63, 3.8) is 0 Å². The molecular weight excluding hydrogens is 308 g/mol. The molecule has 1 unspecified atom stereocenters. The quantitative estimate of drug-likeness (QED) is 0.557. The summed E-state index contributed by atoms with van der Waals surface area (Å²) >= 11 is 1.78. The monoisotopic (exact) mass is 328 g/mol. The van der Waals surface area contributed by atoms with E-state index in [-0.39, 0.29) is 0 Å². The van der Waals surface area contributed by atoms with E-state index in [0.717, 1.165) is 24.0 Å². The minimum absolute atomic E-state index is 0.447. The molecule has 120 valence electrons. The number of aromatic nitrogens is 3. The maximum atomic E-state index is 4.26. The van der Waals surface area contributed by atoms with Crippen molar-refractivity contribution in [2.75, 3.05) is 13.6 Å². The maximum absolute atomic E-state index is 4.26. The lowest BCUT2D eigenvalue weighted by molar-refractivity contribution is 0.700. The topological polar surface area (TPSA) is 66.6 Å². The van der Waals surface area contributed by atoms with Crippen LogP contribution in [0.3, 0.4) is 0 Å². The summed E-state index contributed by atoms with van der Waals surface area (Å²) in [7, 11) is 1.77. The Morgan fingerprint density at radius 2 is 2.17 bits per heavy atom. The first-order valence-electron chi connectivity index (χ1n) is 7.54. The molecule has 3 aromatic rings. The van der Waals surface area contributed by atoms with E-state index >= 15 is 0 Å². The van der Waals surface area contributed by atoms with Crippen LogP contribution in [0.2, 0.25) is 0 Å². The zero-order chi connectivity index (χ0) is 16.1. The van der Waals surface area contributed by atoms with Crippen LogP contribution in [0.5, 0.6) is 0 Å². The number of nitrogens with one attached hydrogen (secondary N) is 2. The van der Waals surface area contributed by atoms with Gasteiger partial charge in [-0.25, -0.2) is 0 Å². The predicted octanol–water partition coefficient (Wildman–Crippen LogP) is 2.26. The normalized spacial score (nSPS) is 13.2. The number of pyridine rings is 1. The van der Waals surface area contributed by atoms with Gasteiger partial charge in [0.05, 0.1) is 6.54 Å². The molecule has 0 fully saturated rings. The Hall–Kier alpha value is -2.41. The molecule has 2 N–H and O–H groups in total. The van der Waals surface area contributed by atoms with E-state index in [1.54, 1.807) is 18.4 Å². The van der Waals surface area contributed by atoms with E-state index < -0.39 is 0 Å². The van der Waals surface area contributed by atoms with Gasteiger partial charge in [0.15, 0.2) is 17.4 Å². The van der Waals surface area contributed by atoms with Gasteiger partial charge in [-0.15, -0.1) is 21.5 Å². The lowest BCUT2D eigenvalue weighted by Crippen LogP contribution is -2.38. The first-order chi connectivity index (χ1) is 11.3. The summed E-state index contributed by atoms with van der Waals surface area (Å²) in [6, 6.07) is 10.1. The molecule has 7 heteroatoms. The molecule has 0 aromatic carbocycles. The number of nitrogens with zero attached hydrogens (tertiary/aromatic N) is 4. The molecule has 0 radical (unpaired) electrons. The summed E-state index contributed by atoms with van der Waals surface area (Å²) in [5.74, 6) is 2.07. The van der Waals surface area contributed by atoms with Crippen LogP contribution < -0.4 is 10.6 Å². The van der Waals surface area contributed by atoms with Crippen molar-refractivity contribution >= 4 is 22.9 Å². The van der Waals surface area contributed by atoms with Crippen LogP contribution in [0.15, 0.2) is 46.9 Å². The molecule has 0 saturated heterocycles. The molecule has 0 spiro atoms. The molecule has 23 heavy (non-hydrogen) atoms. The molecule has 0 bridgehead atoms. The van der Waals surface area contributed by atoms with Gasteiger partial charge < -0.3 is 10.6 Å². The third kappa shape index (κ3) is 3.68. The minimum atomic E-state index is 0.447. The molecule has 3 rings (SSSR count). The summed E-state index contributed by atoms with van der Waals surface area (Å²) in [6.07, 6.45) is 1.96. The zero-order valence-electron chi connectivity index (χ0n) is 13.2. The van der Waals surface area contributed by atoms with E-state index in [4.69, 9.17) is 0 Å². The van der Waals surface area contributed by atoms with Crippen LogP contribution in [0.4, 0.5) is 0 Å². The Morgan fingerprint density at radius 3 is 2.96 bits per heavy atom. The molecule has 0 aliphatic rings. The van der Waals surface area contributed by atoms with Gasteiger partial charge >= 0.3 is 0 Å². The molecule has 3 aromatic heterocycles. The summed E-state index contributed by atoms with van der Waals surface area (Å²) in [5, 5.41) is 17.1. The van der Waals surface area contributed by atoms with Gasteiger partial charge in [0.25, 0.3) is 0 Å². The number of rotatable bonds is 5. The highest BCUT2D eigenvalue weighted by Gasteiger charge is 2.09. The van der Waals surface area contributed by atoms with Gasteiger partial charge in [0.2, 0.25) is 0 Å². The van der Waals surface area contributed by atoms with Crippen LogP contribution >= 0.6 is 11.3 Å². The van der Waals surface area contributed by atoms with Gasteiger partial charge in [-0.05, 0) is 23.6 Å². The average molecular weight is 328 g/mol. The second kappa shape index (κ2) is 7.23. The predicted molar refractivity (Wildman–Crippen MR) is 93.9 cm³/mol. The van der Waals surface area contributed by atoms with Crippen molar-refractivity contribution in [2.24, 2.45) is 4.99 Å². The van der Waals surface area contributed by atoms with Crippen molar-refractivity contribution < 1.29 is 0 Å². The fourth-order valence-corrected chi connectivity index (χ4v) is 3.10. The van der Waals surface area contributed by atoms with Gasteiger partial charge in [-0.1, -0.05) is 19.1 Å². The second-order valence-corrected chi connectivity index (χ2v) is 6.25. The van der Waals surface area contributed by atoms with Crippen LogP contribution in [0.25, 0.3) is 5.65 Å². The van der Waals surface area contributed by atoms with Crippen LogP contribution in [0.1, 0.15) is 23.5 Å². The lowest BCUT2D eigenvalue weighted by Gasteiger charge is -2.14.